The molecule has 0 spiro atoms. The van der Waals surface area contributed by atoms with E-state index in [2.05, 4.69) is 13.2 Å². The van der Waals surface area contributed by atoms with Crippen molar-refractivity contribution in [3.8, 4) is 0 Å². The number of nitrogens with zero attached hydrogens (tertiary/aromatic N) is 1. The van der Waals surface area contributed by atoms with Crippen LogP contribution >= 0.6 is 0 Å². The largest absolute Gasteiger partial charge is 0.512 e. The van der Waals surface area contributed by atoms with Crippen molar-refractivity contribution < 1.29 is 23.2 Å². The summed E-state index contributed by atoms with van der Waals surface area (Å²) in [7, 11) is -4.46. The van der Waals surface area contributed by atoms with Crippen molar-refractivity contribution in [3.05, 3.63) is 24.7 Å². The van der Waals surface area contributed by atoms with Crippen LogP contribution in [0, 0.1) is 0 Å². The number of aliphatic hydroxyl groups is 2. The highest BCUT2D eigenvalue weighted by molar-refractivity contribution is 7.83. The third-order valence-electron chi connectivity index (χ3n) is 1.04. The molecule has 0 aliphatic rings. The summed E-state index contributed by atoms with van der Waals surface area (Å²) in [4.78, 5) is 0. The lowest BCUT2D eigenvalue weighted by molar-refractivity contribution is 0.291. The normalized spacial score (nSPS) is 11.5. The van der Waals surface area contributed by atoms with Crippen molar-refractivity contribution in [2.24, 2.45) is 0 Å². The maximum Gasteiger partial charge on any atom is 0.336 e. The van der Waals surface area contributed by atoms with Gasteiger partial charge in [-0.1, -0.05) is 13.2 Å². The van der Waals surface area contributed by atoms with Gasteiger partial charge in [-0.05, 0) is 0 Å². The molecule has 0 aromatic carbocycles. The molecule has 0 aliphatic carbocycles. The molecule has 0 aromatic rings. The Hall–Kier alpha value is -1.05. The first kappa shape index (κ1) is 11.9. The maximum atomic E-state index is 10.6. The minimum absolute atomic E-state index is 0.414. The van der Waals surface area contributed by atoms with Gasteiger partial charge >= 0.3 is 10.3 Å². The maximum absolute atomic E-state index is 10.6. The van der Waals surface area contributed by atoms with E-state index < -0.39 is 34.9 Å². The van der Waals surface area contributed by atoms with Crippen LogP contribution in [0.1, 0.15) is 0 Å². The second-order valence-corrected chi connectivity index (χ2v) is 3.79. The summed E-state index contributed by atoms with van der Waals surface area (Å²) in [5.74, 6) is -0.891. The highest BCUT2D eigenvalue weighted by Gasteiger charge is 2.20. The third-order valence-corrected chi connectivity index (χ3v) is 1.95. The molecule has 6 nitrogen and oxygen atoms in total. The van der Waals surface area contributed by atoms with Crippen molar-refractivity contribution in [2.75, 3.05) is 13.1 Å². The van der Waals surface area contributed by atoms with Crippen LogP contribution in [0.3, 0.4) is 0 Å². The van der Waals surface area contributed by atoms with E-state index in [9.17, 15) is 8.42 Å². The van der Waals surface area contributed by atoms with Crippen LogP contribution in [0.15, 0.2) is 24.7 Å². The van der Waals surface area contributed by atoms with E-state index in [1.807, 2.05) is 0 Å². The van der Waals surface area contributed by atoms with Gasteiger partial charge in [0.15, 0.2) is 0 Å². The lowest BCUT2D eigenvalue weighted by Gasteiger charge is -2.16. The molecule has 0 saturated heterocycles. The van der Waals surface area contributed by atoms with Crippen molar-refractivity contribution in [3.63, 3.8) is 0 Å². The Labute approximate surface area is 76.3 Å². The SMILES string of the molecule is C=C(O)CN(CC(=C)O)S(=O)(=O)O. The van der Waals surface area contributed by atoms with E-state index in [0.717, 1.165) is 0 Å². The monoisotopic (exact) mass is 209 g/mol. The second kappa shape index (κ2) is 4.26. The molecule has 0 atom stereocenters. The fraction of sp³-hybridized carbons (Fsp3) is 0.333. The smallest absolute Gasteiger partial charge is 0.336 e. The topological polar surface area (TPSA) is 98.1 Å². The van der Waals surface area contributed by atoms with E-state index >= 15 is 0 Å². The van der Waals surface area contributed by atoms with Gasteiger partial charge < -0.3 is 10.2 Å². The average molecular weight is 209 g/mol. The van der Waals surface area contributed by atoms with E-state index in [1.54, 1.807) is 0 Å². The second-order valence-electron chi connectivity index (χ2n) is 2.38. The van der Waals surface area contributed by atoms with Gasteiger partial charge in [-0.3, -0.25) is 4.55 Å². The molecule has 0 amide bonds. The first-order valence-electron chi connectivity index (χ1n) is 3.19. The number of hydrogen-bond acceptors (Lipinski definition) is 4. The number of rotatable bonds is 5. The van der Waals surface area contributed by atoms with Crippen molar-refractivity contribution >= 4 is 10.3 Å². The number of hydrogen-bond donors (Lipinski definition) is 3. The average Bonchev–Trinajstić information content (AvgIpc) is 1.81. The van der Waals surface area contributed by atoms with Gasteiger partial charge in [-0.15, -0.1) is 0 Å². The zero-order valence-electron chi connectivity index (χ0n) is 6.84. The first-order valence-corrected chi connectivity index (χ1v) is 4.59. The molecule has 0 aromatic heterocycles. The van der Waals surface area contributed by atoms with Crippen LogP contribution in [-0.4, -0.2) is 40.6 Å². The van der Waals surface area contributed by atoms with Crippen LogP contribution in [0.5, 0.6) is 0 Å². The Morgan fingerprint density at radius 1 is 1.15 bits per heavy atom. The summed E-state index contributed by atoms with van der Waals surface area (Å²) in [6, 6.07) is 0. The van der Waals surface area contributed by atoms with E-state index in [0.29, 0.717) is 4.31 Å². The summed E-state index contributed by atoms with van der Waals surface area (Å²) in [6.07, 6.45) is 0. The molecule has 0 fully saturated rings. The molecular formula is C6H11NO5S. The molecule has 0 heterocycles. The van der Waals surface area contributed by atoms with Gasteiger partial charge in [0.1, 0.15) is 11.5 Å². The molecule has 0 saturated carbocycles. The van der Waals surface area contributed by atoms with Crippen molar-refractivity contribution in [2.45, 2.75) is 0 Å². The minimum atomic E-state index is -4.46. The van der Waals surface area contributed by atoms with Gasteiger partial charge in [-0.2, -0.15) is 12.7 Å². The van der Waals surface area contributed by atoms with Crippen LogP contribution in [0.4, 0.5) is 0 Å². The Balaban J connectivity index is 4.57. The van der Waals surface area contributed by atoms with Crippen LogP contribution < -0.4 is 0 Å². The molecule has 7 heteroatoms. The Morgan fingerprint density at radius 3 is 1.62 bits per heavy atom. The summed E-state index contributed by atoms with van der Waals surface area (Å²) in [5, 5.41) is 17.4. The molecule has 0 bridgehead atoms. The van der Waals surface area contributed by atoms with E-state index in [-0.39, 0.29) is 0 Å². The lowest BCUT2D eigenvalue weighted by Crippen LogP contribution is -2.33. The highest BCUT2D eigenvalue weighted by atomic mass is 32.2. The molecule has 0 aliphatic heterocycles. The summed E-state index contributed by atoms with van der Waals surface area (Å²) in [5.41, 5.74) is 0. The minimum Gasteiger partial charge on any atom is -0.512 e. The molecular weight excluding hydrogens is 198 g/mol. The van der Waals surface area contributed by atoms with Gasteiger partial charge in [0, 0.05) is 0 Å². The fourth-order valence-corrected chi connectivity index (χ4v) is 1.25. The molecule has 0 radical (unpaired) electrons. The third kappa shape index (κ3) is 5.23. The number of aliphatic hydroxyl groups excluding tert-OH is 2. The fourth-order valence-electron chi connectivity index (χ4n) is 0.626. The Morgan fingerprint density at radius 2 is 1.46 bits per heavy atom. The Kier molecular flexibility index (Phi) is 3.92. The van der Waals surface area contributed by atoms with Gasteiger partial charge in [0.25, 0.3) is 0 Å². The standard InChI is InChI=1S/C6H11NO5S/c1-5(8)3-7(4-6(2)9)13(10,11)12/h8-9H,1-4H2,(H,10,11,12). The van der Waals surface area contributed by atoms with Crippen molar-refractivity contribution in [1.29, 1.82) is 0 Å². The predicted molar refractivity (Wildman–Crippen MR) is 46.7 cm³/mol. The van der Waals surface area contributed by atoms with Crippen LogP contribution in [0.2, 0.25) is 0 Å². The summed E-state index contributed by atoms with van der Waals surface area (Å²) >= 11 is 0. The molecule has 0 unspecified atom stereocenters. The first-order chi connectivity index (χ1) is 5.73. The zero-order chi connectivity index (χ0) is 10.6. The van der Waals surface area contributed by atoms with Crippen LogP contribution in [-0.2, 0) is 10.3 Å². The van der Waals surface area contributed by atoms with E-state index in [4.69, 9.17) is 14.8 Å². The zero-order valence-corrected chi connectivity index (χ0v) is 7.66. The predicted octanol–water partition coefficient (Wildman–Crippen LogP) is 0.235. The molecule has 76 valence electrons. The summed E-state index contributed by atoms with van der Waals surface area (Å²) in [6.45, 7) is 5.11. The highest BCUT2D eigenvalue weighted by Crippen LogP contribution is 2.02. The molecule has 13 heavy (non-hydrogen) atoms. The Bertz CT molecular complexity index is 291. The van der Waals surface area contributed by atoms with E-state index in [1.165, 1.54) is 0 Å². The lowest BCUT2D eigenvalue weighted by atomic mass is 10.5. The quantitative estimate of drug-likeness (QED) is 0.445. The van der Waals surface area contributed by atoms with Crippen molar-refractivity contribution in [1.82, 2.24) is 4.31 Å². The van der Waals surface area contributed by atoms with Gasteiger partial charge in [0.05, 0.1) is 13.1 Å². The van der Waals surface area contributed by atoms with Gasteiger partial charge in [-0.25, -0.2) is 0 Å². The summed E-state index contributed by atoms with van der Waals surface area (Å²) < 4.78 is 30.1. The molecule has 0 rings (SSSR count). The van der Waals surface area contributed by atoms with Crippen LogP contribution in [0.25, 0.3) is 0 Å². The van der Waals surface area contributed by atoms with Gasteiger partial charge in [0.2, 0.25) is 0 Å². The molecule has 3 N–H and O–H groups in total.